The Labute approximate surface area is 165 Å². The number of carbonyl (C=O) groups excluding carboxylic acids is 1. The van der Waals surface area contributed by atoms with Gasteiger partial charge in [-0.05, 0) is 49.2 Å². The molecule has 0 spiro atoms. The van der Waals surface area contributed by atoms with Gasteiger partial charge in [-0.25, -0.2) is 0 Å². The molecule has 6 heteroatoms. The molecule has 28 heavy (non-hydrogen) atoms. The van der Waals surface area contributed by atoms with Crippen molar-refractivity contribution in [2.45, 2.75) is 32.4 Å². The summed E-state index contributed by atoms with van der Waals surface area (Å²) in [7, 11) is 0. The summed E-state index contributed by atoms with van der Waals surface area (Å²) >= 11 is 0. The van der Waals surface area contributed by atoms with Crippen molar-refractivity contribution in [1.82, 2.24) is 10.2 Å². The first-order valence-corrected chi connectivity index (χ1v) is 9.62. The molecule has 1 fully saturated rings. The third-order valence-corrected chi connectivity index (χ3v) is 4.96. The third kappa shape index (κ3) is 5.50. The van der Waals surface area contributed by atoms with Gasteiger partial charge in [-0.1, -0.05) is 42.8 Å². The molecule has 0 saturated carbocycles. The molecule has 146 valence electrons. The topological polar surface area (TPSA) is 75.5 Å². The first-order chi connectivity index (χ1) is 13.6. The molecule has 1 amide bonds. The summed E-state index contributed by atoms with van der Waals surface area (Å²) < 4.78 is 0. The predicted molar refractivity (Wildman–Crippen MR) is 110 cm³/mol. The molecule has 1 aliphatic rings. The summed E-state index contributed by atoms with van der Waals surface area (Å²) in [6.07, 6.45) is 6.62. The Balaban J connectivity index is 1.60. The lowest BCUT2D eigenvalue weighted by molar-refractivity contribution is -0.385. The Hall–Kier alpha value is -2.99. The number of rotatable bonds is 7. The molecule has 0 radical (unpaired) electrons. The van der Waals surface area contributed by atoms with E-state index in [1.54, 1.807) is 18.2 Å². The van der Waals surface area contributed by atoms with Crippen LogP contribution in [0.3, 0.4) is 0 Å². The second kappa shape index (κ2) is 9.80. The van der Waals surface area contributed by atoms with Crippen LogP contribution in [-0.2, 0) is 17.9 Å². The van der Waals surface area contributed by atoms with Crippen LogP contribution in [0, 0.1) is 10.1 Å². The van der Waals surface area contributed by atoms with Crippen LogP contribution in [0.2, 0.25) is 0 Å². The van der Waals surface area contributed by atoms with Gasteiger partial charge < -0.3 is 5.32 Å². The van der Waals surface area contributed by atoms with Crippen LogP contribution in [-0.4, -0.2) is 28.8 Å². The van der Waals surface area contributed by atoms with Gasteiger partial charge in [0.1, 0.15) is 0 Å². The van der Waals surface area contributed by atoms with Crippen molar-refractivity contribution < 1.29 is 9.72 Å². The Morgan fingerprint density at radius 3 is 2.46 bits per heavy atom. The van der Waals surface area contributed by atoms with Gasteiger partial charge in [0, 0.05) is 25.2 Å². The Morgan fingerprint density at radius 1 is 1.04 bits per heavy atom. The molecule has 1 aliphatic heterocycles. The first-order valence-electron chi connectivity index (χ1n) is 9.62. The molecule has 0 unspecified atom stereocenters. The zero-order chi connectivity index (χ0) is 19.8. The van der Waals surface area contributed by atoms with Gasteiger partial charge in [-0.3, -0.25) is 19.8 Å². The van der Waals surface area contributed by atoms with E-state index in [1.807, 2.05) is 18.2 Å². The average Bonchev–Trinajstić information content (AvgIpc) is 2.72. The van der Waals surface area contributed by atoms with E-state index in [0.717, 1.165) is 25.2 Å². The smallest absolute Gasteiger partial charge is 0.276 e. The number of carbonyl (C=O) groups is 1. The second-order valence-electron chi connectivity index (χ2n) is 6.97. The fraction of sp³-hybridized carbons (Fsp3) is 0.318. The van der Waals surface area contributed by atoms with Crippen molar-refractivity contribution in [1.29, 1.82) is 0 Å². The van der Waals surface area contributed by atoms with Crippen LogP contribution >= 0.6 is 0 Å². The van der Waals surface area contributed by atoms with Crippen molar-refractivity contribution in [2.75, 3.05) is 13.1 Å². The number of nitro benzene ring substituents is 1. The number of nitro groups is 1. The minimum Gasteiger partial charge on any atom is -0.348 e. The summed E-state index contributed by atoms with van der Waals surface area (Å²) in [6, 6.07) is 14.5. The van der Waals surface area contributed by atoms with E-state index in [-0.39, 0.29) is 11.6 Å². The summed E-state index contributed by atoms with van der Waals surface area (Å²) in [6.45, 7) is 3.58. The molecule has 3 rings (SSSR count). The van der Waals surface area contributed by atoms with Crippen LogP contribution in [0.4, 0.5) is 5.69 Å². The van der Waals surface area contributed by atoms with E-state index in [4.69, 9.17) is 0 Å². The monoisotopic (exact) mass is 379 g/mol. The minimum atomic E-state index is -0.450. The maximum Gasteiger partial charge on any atom is 0.276 e. The lowest BCUT2D eigenvalue weighted by Crippen LogP contribution is -2.30. The Bertz CT molecular complexity index is 858. The summed E-state index contributed by atoms with van der Waals surface area (Å²) in [5, 5.41) is 13.9. The normalized spacial score (nSPS) is 14.9. The maximum absolute atomic E-state index is 12.2. The van der Waals surface area contributed by atoms with Gasteiger partial charge in [-0.2, -0.15) is 0 Å². The molecular formula is C22H25N3O3. The standard InChI is InChI=1S/C22H25N3O3/c26-22(13-12-18-8-4-5-11-21(18)25(27)28)23-16-19-9-2-3-10-20(19)17-24-14-6-1-7-15-24/h2-5,8-13H,1,6-7,14-17H2,(H,23,26)/b13-12+. The highest BCUT2D eigenvalue weighted by Gasteiger charge is 2.13. The number of nitrogens with zero attached hydrogens (tertiary/aromatic N) is 2. The van der Waals surface area contributed by atoms with Gasteiger partial charge in [-0.15, -0.1) is 0 Å². The van der Waals surface area contributed by atoms with Crippen LogP contribution in [0.1, 0.15) is 36.0 Å². The maximum atomic E-state index is 12.2. The van der Waals surface area contributed by atoms with Crippen molar-refractivity contribution in [3.63, 3.8) is 0 Å². The van der Waals surface area contributed by atoms with Crippen LogP contribution < -0.4 is 5.32 Å². The molecule has 2 aromatic rings. The Morgan fingerprint density at radius 2 is 1.71 bits per heavy atom. The molecule has 0 atom stereocenters. The predicted octanol–water partition coefficient (Wildman–Crippen LogP) is 3.91. The van der Waals surface area contributed by atoms with Crippen molar-refractivity contribution in [2.24, 2.45) is 0 Å². The van der Waals surface area contributed by atoms with E-state index >= 15 is 0 Å². The zero-order valence-electron chi connectivity index (χ0n) is 15.8. The highest BCUT2D eigenvalue weighted by Crippen LogP contribution is 2.19. The SMILES string of the molecule is O=C(/C=C/c1ccccc1[N+](=O)[O-])NCc1ccccc1CN1CCCCC1. The number of hydrogen-bond donors (Lipinski definition) is 1. The number of benzene rings is 2. The number of amides is 1. The van der Waals surface area contributed by atoms with E-state index in [9.17, 15) is 14.9 Å². The van der Waals surface area contributed by atoms with Gasteiger partial charge in [0.2, 0.25) is 5.91 Å². The van der Waals surface area contributed by atoms with Crippen LogP contribution in [0.25, 0.3) is 6.08 Å². The number of piperidine rings is 1. The molecule has 1 heterocycles. The molecule has 0 aliphatic carbocycles. The molecule has 0 bridgehead atoms. The average molecular weight is 379 g/mol. The fourth-order valence-corrected chi connectivity index (χ4v) is 3.44. The highest BCUT2D eigenvalue weighted by molar-refractivity contribution is 5.92. The summed E-state index contributed by atoms with van der Waals surface area (Å²) in [5.74, 6) is -0.272. The minimum absolute atomic E-state index is 0.0153. The fourth-order valence-electron chi connectivity index (χ4n) is 3.44. The van der Waals surface area contributed by atoms with Gasteiger partial charge in [0.05, 0.1) is 10.5 Å². The molecule has 2 aromatic carbocycles. The van der Waals surface area contributed by atoms with Crippen molar-refractivity contribution in [3.05, 3.63) is 81.4 Å². The number of hydrogen-bond acceptors (Lipinski definition) is 4. The number of likely N-dealkylation sites (tertiary alicyclic amines) is 1. The summed E-state index contributed by atoms with van der Waals surface area (Å²) in [4.78, 5) is 25.2. The highest BCUT2D eigenvalue weighted by atomic mass is 16.6. The largest absolute Gasteiger partial charge is 0.348 e. The Kier molecular flexibility index (Phi) is 6.92. The zero-order valence-corrected chi connectivity index (χ0v) is 15.8. The second-order valence-corrected chi connectivity index (χ2v) is 6.97. The molecule has 1 saturated heterocycles. The third-order valence-electron chi connectivity index (χ3n) is 4.96. The molecule has 1 N–H and O–H groups in total. The number of nitrogens with one attached hydrogen (secondary N) is 1. The first kappa shape index (κ1) is 19.8. The van der Waals surface area contributed by atoms with E-state index in [0.29, 0.717) is 12.1 Å². The lowest BCUT2D eigenvalue weighted by atomic mass is 10.0. The van der Waals surface area contributed by atoms with E-state index in [2.05, 4.69) is 16.3 Å². The molecular weight excluding hydrogens is 354 g/mol. The van der Waals surface area contributed by atoms with Gasteiger partial charge in [0.15, 0.2) is 0 Å². The molecule has 0 aromatic heterocycles. The van der Waals surface area contributed by atoms with Crippen LogP contribution in [0.15, 0.2) is 54.6 Å². The number of para-hydroxylation sites is 1. The quantitative estimate of drug-likeness (QED) is 0.450. The van der Waals surface area contributed by atoms with Crippen molar-refractivity contribution >= 4 is 17.7 Å². The summed E-state index contributed by atoms with van der Waals surface area (Å²) in [5.41, 5.74) is 2.72. The molecule has 6 nitrogen and oxygen atoms in total. The lowest BCUT2D eigenvalue weighted by Gasteiger charge is -2.27. The van der Waals surface area contributed by atoms with Crippen LogP contribution in [0.5, 0.6) is 0 Å². The van der Waals surface area contributed by atoms with Gasteiger partial charge in [0.25, 0.3) is 5.69 Å². The van der Waals surface area contributed by atoms with E-state index < -0.39 is 4.92 Å². The van der Waals surface area contributed by atoms with Crippen molar-refractivity contribution in [3.8, 4) is 0 Å². The van der Waals surface area contributed by atoms with Gasteiger partial charge >= 0.3 is 0 Å². The van der Waals surface area contributed by atoms with E-state index in [1.165, 1.54) is 43.0 Å².